The number of nitrogens with one attached hydrogen (secondary N) is 1. The number of imide groups is 1. The molecule has 2 heterocycles. The van der Waals surface area contributed by atoms with E-state index in [1.807, 2.05) is 0 Å². The Labute approximate surface area is 83.6 Å². The number of hydrogen-bond acceptors (Lipinski definition) is 3. The molecular formula is C10H16N2O2. The van der Waals surface area contributed by atoms with Crippen molar-refractivity contribution in [3.05, 3.63) is 0 Å². The fourth-order valence-corrected chi connectivity index (χ4v) is 2.49. The van der Waals surface area contributed by atoms with Gasteiger partial charge in [0.2, 0.25) is 11.8 Å². The monoisotopic (exact) mass is 196 g/mol. The predicted octanol–water partition coefficient (Wildman–Crippen LogP) is 0.135. The lowest BCUT2D eigenvalue weighted by molar-refractivity contribution is -0.128. The average Bonchev–Trinajstić information content (AvgIpc) is 2.61. The van der Waals surface area contributed by atoms with Gasteiger partial charge in [-0.3, -0.25) is 14.9 Å². The summed E-state index contributed by atoms with van der Waals surface area (Å²) in [6, 6.07) is 0. The van der Waals surface area contributed by atoms with Crippen molar-refractivity contribution in [2.24, 2.45) is 5.41 Å². The van der Waals surface area contributed by atoms with E-state index in [-0.39, 0.29) is 17.2 Å². The Bertz CT molecular complexity index is 277. The van der Waals surface area contributed by atoms with Gasteiger partial charge in [-0.1, -0.05) is 6.92 Å². The van der Waals surface area contributed by atoms with E-state index < -0.39 is 0 Å². The van der Waals surface area contributed by atoms with E-state index in [0.29, 0.717) is 6.42 Å². The molecule has 2 aliphatic rings. The average molecular weight is 196 g/mol. The lowest BCUT2D eigenvalue weighted by atomic mass is 9.85. The van der Waals surface area contributed by atoms with E-state index in [4.69, 9.17) is 0 Å². The normalized spacial score (nSPS) is 32.9. The Morgan fingerprint density at radius 2 is 2.29 bits per heavy atom. The van der Waals surface area contributed by atoms with Crippen LogP contribution in [0.4, 0.5) is 0 Å². The third-order valence-corrected chi connectivity index (χ3v) is 3.21. The van der Waals surface area contributed by atoms with Gasteiger partial charge in [0.15, 0.2) is 0 Å². The second kappa shape index (κ2) is 3.35. The molecule has 1 unspecified atom stereocenters. The second-order valence-electron chi connectivity index (χ2n) is 4.36. The summed E-state index contributed by atoms with van der Waals surface area (Å²) in [6.45, 7) is 4.88. The van der Waals surface area contributed by atoms with Crippen LogP contribution in [0.5, 0.6) is 0 Å². The molecule has 4 heteroatoms. The van der Waals surface area contributed by atoms with E-state index in [1.54, 1.807) is 0 Å². The first-order valence-electron chi connectivity index (χ1n) is 5.23. The van der Waals surface area contributed by atoms with Crippen molar-refractivity contribution in [1.82, 2.24) is 10.2 Å². The molecule has 2 rings (SSSR count). The number of carbonyl (C=O) groups is 2. The molecule has 1 atom stereocenters. The van der Waals surface area contributed by atoms with E-state index in [0.717, 1.165) is 32.5 Å². The Balaban J connectivity index is 2.05. The molecule has 0 aromatic heterocycles. The van der Waals surface area contributed by atoms with Crippen LogP contribution < -0.4 is 5.32 Å². The molecule has 2 amide bonds. The standard InChI is InChI=1S/C10H16N2O2/c1-2-4-12-5-3-10(7-12)6-8(13)11-9(10)14/h2-7H2,1H3,(H,11,13,14). The van der Waals surface area contributed by atoms with E-state index in [1.165, 1.54) is 0 Å². The van der Waals surface area contributed by atoms with Crippen molar-refractivity contribution in [1.29, 1.82) is 0 Å². The third-order valence-electron chi connectivity index (χ3n) is 3.21. The molecule has 14 heavy (non-hydrogen) atoms. The van der Waals surface area contributed by atoms with Gasteiger partial charge in [-0.15, -0.1) is 0 Å². The van der Waals surface area contributed by atoms with E-state index in [2.05, 4.69) is 17.1 Å². The highest BCUT2D eigenvalue weighted by Gasteiger charge is 2.50. The highest BCUT2D eigenvalue weighted by atomic mass is 16.2. The Morgan fingerprint density at radius 3 is 2.86 bits per heavy atom. The first-order chi connectivity index (χ1) is 6.66. The molecular weight excluding hydrogens is 180 g/mol. The van der Waals surface area contributed by atoms with Crippen LogP contribution in [0.15, 0.2) is 0 Å². The molecule has 78 valence electrons. The minimum absolute atomic E-state index is 0.0545. The molecule has 0 aromatic carbocycles. The van der Waals surface area contributed by atoms with Crippen molar-refractivity contribution in [3.63, 3.8) is 0 Å². The van der Waals surface area contributed by atoms with E-state index in [9.17, 15) is 9.59 Å². The Morgan fingerprint density at radius 1 is 1.50 bits per heavy atom. The zero-order valence-corrected chi connectivity index (χ0v) is 8.51. The smallest absolute Gasteiger partial charge is 0.234 e. The topological polar surface area (TPSA) is 49.4 Å². The van der Waals surface area contributed by atoms with Crippen LogP contribution in [-0.2, 0) is 9.59 Å². The van der Waals surface area contributed by atoms with Gasteiger partial charge in [0.1, 0.15) is 0 Å². The number of carbonyl (C=O) groups excluding carboxylic acids is 2. The maximum atomic E-state index is 11.6. The number of amides is 2. The summed E-state index contributed by atoms with van der Waals surface area (Å²) in [5.74, 6) is -0.158. The summed E-state index contributed by atoms with van der Waals surface area (Å²) in [5.41, 5.74) is -0.383. The second-order valence-corrected chi connectivity index (χ2v) is 4.36. The molecule has 0 aliphatic carbocycles. The third kappa shape index (κ3) is 1.43. The largest absolute Gasteiger partial charge is 0.302 e. The van der Waals surface area contributed by atoms with Crippen molar-refractivity contribution in [2.75, 3.05) is 19.6 Å². The van der Waals surface area contributed by atoms with Gasteiger partial charge >= 0.3 is 0 Å². The predicted molar refractivity (Wildman–Crippen MR) is 51.5 cm³/mol. The first kappa shape index (κ1) is 9.65. The number of likely N-dealkylation sites (tertiary alicyclic amines) is 1. The van der Waals surface area contributed by atoms with Gasteiger partial charge in [0, 0.05) is 13.0 Å². The molecule has 0 radical (unpaired) electrons. The summed E-state index contributed by atoms with van der Waals surface area (Å²) in [5, 5.41) is 2.41. The molecule has 1 N–H and O–H groups in total. The van der Waals surface area contributed by atoms with Crippen LogP contribution in [0.2, 0.25) is 0 Å². The van der Waals surface area contributed by atoms with Gasteiger partial charge in [-0.25, -0.2) is 0 Å². The molecule has 2 fully saturated rings. The maximum absolute atomic E-state index is 11.6. The lowest BCUT2D eigenvalue weighted by Crippen LogP contribution is -2.34. The highest BCUT2D eigenvalue weighted by Crippen LogP contribution is 2.37. The Hall–Kier alpha value is -0.900. The quantitative estimate of drug-likeness (QED) is 0.639. The molecule has 0 aromatic rings. The SMILES string of the molecule is CCCN1CCC2(CC(=O)NC2=O)C1. The lowest BCUT2D eigenvalue weighted by Gasteiger charge is -2.19. The summed E-state index contributed by atoms with van der Waals surface area (Å²) in [6.07, 6.45) is 2.34. The van der Waals surface area contributed by atoms with Crippen molar-refractivity contribution < 1.29 is 9.59 Å². The highest BCUT2D eigenvalue weighted by molar-refractivity contribution is 6.06. The maximum Gasteiger partial charge on any atom is 0.234 e. The summed E-state index contributed by atoms with van der Waals surface area (Å²) in [7, 11) is 0. The number of hydrogen-bond donors (Lipinski definition) is 1. The van der Waals surface area contributed by atoms with E-state index >= 15 is 0 Å². The molecule has 0 bridgehead atoms. The fourth-order valence-electron chi connectivity index (χ4n) is 2.49. The number of rotatable bonds is 2. The minimum atomic E-state index is -0.383. The molecule has 2 aliphatic heterocycles. The van der Waals surface area contributed by atoms with Gasteiger partial charge in [0.25, 0.3) is 0 Å². The Kier molecular flexibility index (Phi) is 2.31. The van der Waals surface area contributed by atoms with Crippen LogP contribution in [0, 0.1) is 5.41 Å². The minimum Gasteiger partial charge on any atom is -0.302 e. The van der Waals surface area contributed by atoms with Crippen LogP contribution in [0.1, 0.15) is 26.2 Å². The van der Waals surface area contributed by atoms with Gasteiger partial charge in [-0.2, -0.15) is 0 Å². The first-order valence-corrected chi connectivity index (χ1v) is 5.23. The molecule has 2 saturated heterocycles. The van der Waals surface area contributed by atoms with Crippen LogP contribution >= 0.6 is 0 Å². The molecule has 1 spiro atoms. The zero-order valence-electron chi connectivity index (χ0n) is 8.51. The van der Waals surface area contributed by atoms with Crippen molar-refractivity contribution >= 4 is 11.8 Å². The van der Waals surface area contributed by atoms with Crippen LogP contribution in [0.3, 0.4) is 0 Å². The molecule has 0 saturated carbocycles. The summed E-state index contributed by atoms with van der Waals surface area (Å²) >= 11 is 0. The summed E-state index contributed by atoms with van der Waals surface area (Å²) in [4.78, 5) is 25.0. The molecule has 4 nitrogen and oxygen atoms in total. The van der Waals surface area contributed by atoms with Crippen molar-refractivity contribution in [3.8, 4) is 0 Å². The number of nitrogens with zero attached hydrogens (tertiary/aromatic N) is 1. The van der Waals surface area contributed by atoms with Gasteiger partial charge in [-0.05, 0) is 25.9 Å². The zero-order chi connectivity index (χ0) is 10.2. The van der Waals surface area contributed by atoms with Crippen molar-refractivity contribution in [2.45, 2.75) is 26.2 Å². The van der Waals surface area contributed by atoms with Crippen LogP contribution in [-0.4, -0.2) is 36.3 Å². The summed E-state index contributed by atoms with van der Waals surface area (Å²) < 4.78 is 0. The van der Waals surface area contributed by atoms with Crippen LogP contribution in [0.25, 0.3) is 0 Å². The van der Waals surface area contributed by atoms with Gasteiger partial charge in [0.05, 0.1) is 5.41 Å². The van der Waals surface area contributed by atoms with Gasteiger partial charge < -0.3 is 4.90 Å². The fraction of sp³-hybridized carbons (Fsp3) is 0.800.